The van der Waals surface area contributed by atoms with E-state index in [9.17, 15) is 4.79 Å². The summed E-state index contributed by atoms with van der Waals surface area (Å²) in [5, 5.41) is 8.89. The number of anilines is 1. The molecule has 7 heteroatoms. The monoisotopic (exact) mass is 403 g/mol. The fourth-order valence-electron chi connectivity index (χ4n) is 4.83. The fraction of sp³-hybridized carbons (Fsp3) is 0.667. The van der Waals surface area contributed by atoms with Crippen molar-refractivity contribution in [1.29, 1.82) is 5.26 Å². The molecule has 3 aliphatic rings. The molecule has 0 aromatic carbocycles. The summed E-state index contributed by atoms with van der Waals surface area (Å²) in [5.74, 6) is 1.41. The molecular weight excluding hydrogens is 374 g/mol. The van der Waals surface area contributed by atoms with Crippen LogP contribution < -0.4 is 4.90 Å². The molecule has 0 N–H and O–H groups in total. The molecule has 1 aromatic rings. The first-order valence-electron chi connectivity index (χ1n) is 10.4. The zero-order chi connectivity index (χ0) is 18.6. The van der Waals surface area contributed by atoms with E-state index >= 15 is 0 Å². The Morgan fingerprint density at radius 1 is 1.00 bits per heavy atom. The van der Waals surface area contributed by atoms with Gasteiger partial charge in [-0.3, -0.25) is 9.69 Å². The largest absolute Gasteiger partial charge is 0.357 e. The van der Waals surface area contributed by atoms with Crippen molar-refractivity contribution in [2.45, 2.75) is 44.6 Å². The van der Waals surface area contributed by atoms with Crippen molar-refractivity contribution in [2.24, 2.45) is 5.92 Å². The molecule has 0 unspecified atom stereocenters. The van der Waals surface area contributed by atoms with E-state index in [1.54, 1.807) is 6.20 Å². The second-order valence-corrected chi connectivity index (χ2v) is 8.08. The van der Waals surface area contributed by atoms with Crippen LogP contribution in [-0.2, 0) is 4.79 Å². The van der Waals surface area contributed by atoms with Gasteiger partial charge in [-0.05, 0) is 37.8 Å². The maximum Gasteiger partial charge on any atom is 0.225 e. The van der Waals surface area contributed by atoms with Crippen molar-refractivity contribution >= 4 is 24.1 Å². The molecule has 0 bridgehead atoms. The van der Waals surface area contributed by atoms with Gasteiger partial charge >= 0.3 is 0 Å². The van der Waals surface area contributed by atoms with E-state index in [2.05, 4.69) is 25.8 Å². The van der Waals surface area contributed by atoms with Crippen molar-refractivity contribution in [3.8, 4) is 6.07 Å². The average Bonchev–Trinajstić information content (AvgIpc) is 3.28. The van der Waals surface area contributed by atoms with E-state index < -0.39 is 0 Å². The molecule has 1 amide bonds. The summed E-state index contributed by atoms with van der Waals surface area (Å²) >= 11 is 0. The van der Waals surface area contributed by atoms with Crippen LogP contribution in [-0.4, -0.2) is 66.0 Å². The van der Waals surface area contributed by atoms with E-state index in [4.69, 9.17) is 5.26 Å². The zero-order valence-corrected chi connectivity index (χ0v) is 17.2. The van der Waals surface area contributed by atoms with Crippen LogP contribution in [0.1, 0.15) is 44.1 Å². The highest BCUT2D eigenvalue weighted by atomic mass is 35.5. The highest BCUT2D eigenvalue weighted by molar-refractivity contribution is 5.85. The molecule has 3 fully saturated rings. The second-order valence-electron chi connectivity index (χ2n) is 8.08. The fourth-order valence-corrected chi connectivity index (χ4v) is 4.83. The number of aromatic nitrogens is 1. The van der Waals surface area contributed by atoms with Gasteiger partial charge in [-0.2, -0.15) is 5.26 Å². The second kappa shape index (κ2) is 9.58. The molecule has 1 aromatic heterocycles. The Morgan fingerprint density at radius 2 is 1.68 bits per heavy atom. The van der Waals surface area contributed by atoms with Crippen LogP contribution in [0.3, 0.4) is 0 Å². The van der Waals surface area contributed by atoms with Crippen molar-refractivity contribution in [3.05, 3.63) is 23.9 Å². The number of amides is 1. The Balaban J connectivity index is 0.00000225. The molecule has 0 radical (unpaired) electrons. The summed E-state index contributed by atoms with van der Waals surface area (Å²) in [6, 6.07) is 6.59. The van der Waals surface area contributed by atoms with Gasteiger partial charge in [0.1, 0.15) is 11.9 Å². The Bertz CT molecular complexity index is 682. The van der Waals surface area contributed by atoms with Gasteiger partial charge in [-0.1, -0.05) is 12.8 Å². The van der Waals surface area contributed by atoms with Gasteiger partial charge in [0.25, 0.3) is 0 Å². The molecule has 6 nitrogen and oxygen atoms in total. The number of nitriles is 1. The van der Waals surface area contributed by atoms with Gasteiger partial charge in [-0.15, -0.1) is 12.4 Å². The number of hydrogen-bond acceptors (Lipinski definition) is 5. The third-order valence-electron chi connectivity index (χ3n) is 6.51. The molecular formula is C21H30ClN5O. The summed E-state index contributed by atoms with van der Waals surface area (Å²) in [5.41, 5.74) is 0.584. The first-order valence-corrected chi connectivity index (χ1v) is 10.4. The molecule has 1 aliphatic carbocycles. The van der Waals surface area contributed by atoms with E-state index in [1.807, 2.05) is 12.1 Å². The molecule has 0 atom stereocenters. The molecule has 2 saturated heterocycles. The minimum absolute atomic E-state index is 0. The quantitative estimate of drug-likeness (QED) is 0.776. The Labute approximate surface area is 173 Å². The minimum Gasteiger partial charge on any atom is -0.357 e. The molecule has 152 valence electrons. The number of pyridine rings is 1. The number of nitrogens with zero attached hydrogens (tertiary/aromatic N) is 5. The SMILES string of the molecule is Cl.N#Cc1ccc(N2CCC(C(=O)N3CCN(C4CCCC4)CC3)CC2)nc1. The summed E-state index contributed by atoms with van der Waals surface area (Å²) < 4.78 is 0. The van der Waals surface area contributed by atoms with Crippen LogP contribution >= 0.6 is 12.4 Å². The number of piperidine rings is 1. The summed E-state index contributed by atoms with van der Waals surface area (Å²) in [6.07, 6.45) is 8.83. The van der Waals surface area contributed by atoms with Crippen LogP contribution in [0.25, 0.3) is 0 Å². The third kappa shape index (κ3) is 4.59. The van der Waals surface area contributed by atoms with E-state index in [0.717, 1.165) is 64.0 Å². The number of piperazine rings is 1. The Kier molecular flexibility index (Phi) is 7.14. The Morgan fingerprint density at radius 3 is 2.25 bits per heavy atom. The standard InChI is InChI=1S/C21H29N5O.ClH/c22-15-17-5-6-20(23-16-17)25-9-7-18(8-10-25)21(27)26-13-11-24(12-14-26)19-3-1-2-4-19;/h5-6,16,18-19H,1-4,7-14H2;1H. The van der Waals surface area contributed by atoms with Crippen LogP contribution in [0.5, 0.6) is 0 Å². The lowest BCUT2D eigenvalue weighted by atomic mass is 9.95. The average molecular weight is 404 g/mol. The van der Waals surface area contributed by atoms with Gasteiger partial charge in [-0.25, -0.2) is 4.98 Å². The van der Waals surface area contributed by atoms with Gasteiger partial charge < -0.3 is 9.80 Å². The maximum absolute atomic E-state index is 12.9. The van der Waals surface area contributed by atoms with Crippen LogP contribution in [0.2, 0.25) is 0 Å². The van der Waals surface area contributed by atoms with E-state index in [0.29, 0.717) is 11.5 Å². The first-order chi connectivity index (χ1) is 13.2. The normalized spacial score (nSPS) is 22.0. The molecule has 1 saturated carbocycles. The molecule has 28 heavy (non-hydrogen) atoms. The lowest BCUT2D eigenvalue weighted by Crippen LogP contribution is -2.53. The lowest BCUT2D eigenvalue weighted by Gasteiger charge is -2.40. The number of carbonyl (C=O) groups excluding carboxylic acids is 1. The summed E-state index contributed by atoms with van der Waals surface area (Å²) in [7, 11) is 0. The van der Waals surface area contributed by atoms with Crippen molar-refractivity contribution in [2.75, 3.05) is 44.2 Å². The Hall–Kier alpha value is -1.84. The summed E-state index contributed by atoms with van der Waals surface area (Å²) in [4.78, 5) is 24.3. The van der Waals surface area contributed by atoms with E-state index in [-0.39, 0.29) is 18.3 Å². The van der Waals surface area contributed by atoms with Crippen molar-refractivity contribution < 1.29 is 4.79 Å². The van der Waals surface area contributed by atoms with Crippen molar-refractivity contribution in [1.82, 2.24) is 14.8 Å². The van der Waals surface area contributed by atoms with Crippen molar-refractivity contribution in [3.63, 3.8) is 0 Å². The predicted molar refractivity (Wildman–Crippen MR) is 112 cm³/mol. The first kappa shape index (κ1) is 20.9. The number of halogens is 1. The molecule has 4 rings (SSSR count). The van der Waals surface area contributed by atoms with Crippen LogP contribution in [0.4, 0.5) is 5.82 Å². The molecule has 0 spiro atoms. The zero-order valence-electron chi connectivity index (χ0n) is 16.4. The number of rotatable bonds is 3. The minimum atomic E-state index is 0. The summed E-state index contributed by atoms with van der Waals surface area (Å²) in [6.45, 7) is 5.60. The molecule has 2 aliphatic heterocycles. The highest BCUT2D eigenvalue weighted by Gasteiger charge is 2.32. The van der Waals surface area contributed by atoms with Gasteiger partial charge in [0, 0.05) is 57.4 Å². The van der Waals surface area contributed by atoms with Gasteiger partial charge in [0.2, 0.25) is 5.91 Å². The van der Waals surface area contributed by atoms with E-state index in [1.165, 1.54) is 25.7 Å². The smallest absolute Gasteiger partial charge is 0.225 e. The van der Waals surface area contributed by atoms with Crippen LogP contribution in [0, 0.1) is 17.2 Å². The number of carbonyl (C=O) groups is 1. The maximum atomic E-state index is 12.9. The van der Waals surface area contributed by atoms with Gasteiger partial charge in [0.15, 0.2) is 0 Å². The third-order valence-corrected chi connectivity index (χ3v) is 6.51. The highest BCUT2D eigenvalue weighted by Crippen LogP contribution is 2.26. The van der Waals surface area contributed by atoms with Crippen LogP contribution in [0.15, 0.2) is 18.3 Å². The topological polar surface area (TPSA) is 63.5 Å². The predicted octanol–water partition coefficient (Wildman–Crippen LogP) is 2.68. The lowest BCUT2D eigenvalue weighted by molar-refractivity contribution is -0.138. The number of hydrogen-bond donors (Lipinski definition) is 0. The van der Waals surface area contributed by atoms with Gasteiger partial charge in [0.05, 0.1) is 5.56 Å². The molecule has 3 heterocycles.